The Morgan fingerprint density at radius 1 is 0.875 bits per heavy atom. The van der Waals surface area contributed by atoms with Crippen LogP contribution in [0.15, 0.2) is 42.5 Å². The Morgan fingerprint density at radius 3 is 2.17 bits per heavy atom. The number of unbranched alkanes of at least 4 members (excludes halogenated alkanes) is 2. The van der Waals surface area contributed by atoms with Gasteiger partial charge in [0.25, 0.3) is 0 Å². The highest BCUT2D eigenvalue weighted by atomic mass is 16.5. The molecule has 4 heteroatoms. The molecule has 0 saturated heterocycles. The molecular weight excluding hydrogens is 304 g/mol. The maximum atomic E-state index is 12.6. The van der Waals surface area contributed by atoms with Crippen molar-refractivity contribution in [3.8, 4) is 0 Å². The van der Waals surface area contributed by atoms with E-state index in [9.17, 15) is 14.4 Å². The fraction of sp³-hybridized carbons (Fsp3) is 0.250. The number of hydrogen-bond acceptors (Lipinski definition) is 4. The van der Waals surface area contributed by atoms with E-state index < -0.39 is 5.97 Å². The summed E-state index contributed by atoms with van der Waals surface area (Å²) >= 11 is 0. The first-order chi connectivity index (χ1) is 11.6. The molecule has 122 valence electrons. The lowest BCUT2D eigenvalue weighted by molar-refractivity contribution is 0.0498. The summed E-state index contributed by atoms with van der Waals surface area (Å²) in [6.07, 6.45) is 2.87. The van der Waals surface area contributed by atoms with Crippen molar-refractivity contribution in [3.63, 3.8) is 0 Å². The molecule has 0 unspecified atom stereocenters. The van der Waals surface area contributed by atoms with Crippen molar-refractivity contribution in [1.82, 2.24) is 0 Å². The zero-order chi connectivity index (χ0) is 17.1. The molecule has 0 atom stereocenters. The second-order valence-electron chi connectivity index (χ2n) is 5.81. The predicted molar refractivity (Wildman–Crippen MR) is 89.6 cm³/mol. The molecule has 2 aromatic rings. The number of carbonyl (C=O) groups excluding carboxylic acids is 3. The molecular formula is C20H18O4. The number of fused-ring (bicyclic) bond motifs is 2. The number of hydrogen-bond donors (Lipinski definition) is 0. The van der Waals surface area contributed by atoms with Gasteiger partial charge in [0, 0.05) is 22.3 Å². The number of esters is 1. The third-order valence-corrected chi connectivity index (χ3v) is 4.14. The molecule has 0 saturated carbocycles. The zero-order valence-electron chi connectivity index (χ0n) is 13.5. The van der Waals surface area contributed by atoms with Gasteiger partial charge in [-0.05, 0) is 24.6 Å². The van der Waals surface area contributed by atoms with E-state index in [1.807, 2.05) is 0 Å². The molecule has 0 N–H and O–H groups in total. The van der Waals surface area contributed by atoms with E-state index in [2.05, 4.69) is 6.92 Å². The Hall–Kier alpha value is -2.75. The van der Waals surface area contributed by atoms with Crippen molar-refractivity contribution in [3.05, 3.63) is 70.3 Å². The molecule has 0 aliphatic heterocycles. The van der Waals surface area contributed by atoms with Crippen molar-refractivity contribution >= 4 is 17.5 Å². The summed E-state index contributed by atoms with van der Waals surface area (Å²) in [5.74, 6) is -0.892. The van der Waals surface area contributed by atoms with E-state index in [0.717, 1.165) is 19.3 Å². The summed E-state index contributed by atoms with van der Waals surface area (Å²) in [5, 5.41) is 0. The molecule has 1 aliphatic rings. The van der Waals surface area contributed by atoms with Gasteiger partial charge in [0.15, 0.2) is 11.6 Å². The van der Waals surface area contributed by atoms with Crippen molar-refractivity contribution in [2.45, 2.75) is 26.2 Å². The van der Waals surface area contributed by atoms with Gasteiger partial charge in [-0.1, -0.05) is 44.0 Å². The number of benzene rings is 2. The molecule has 0 spiro atoms. The number of carbonyl (C=O) groups is 3. The quantitative estimate of drug-likeness (QED) is 0.529. The first kappa shape index (κ1) is 16.1. The Labute approximate surface area is 140 Å². The van der Waals surface area contributed by atoms with Gasteiger partial charge in [-0.15, -0.1) is 0 Å². The van der Waals surface area contributed by atoms with Crippen LogP contribution in [0.4, 0.5) is 0 Å². The SMILES string of the molecule is CCCCCOC(=O)c1ccc2c(c1)C(=O)c1ccccc1C2=O. The van der Waals surface area contributed by atoms with Crippen LogP contribution in [0.3, 0.4) is 0 Å². The third kappa shape index (κ3) is 2.87. The normalized spacial score (nSPS) is 12.5. The molecule has 0 bridgehead atoms. The van der Waals surface area contributed by atoms with E-state index in [0.29, 0.717) is 28.9 Å². The highest BCUT2D eigenvalue weighted by Crippen LogP contribution is 2.28. The van der Waals surface area contributed by atoms with Gasteiger partial charge in [0.1, 0.15) is 0 Å². The molecule has 0 radical (unpaired) electrons. The summed E-state index contributed by atoms with van der Waals surface area (Å²) in [6, 6.07) is 11.3. The minimum absolute atomic E-state index is 0.192. The van der Waals surface area contributed by atoms with Crippen LogP contribution in [-0.4, -0.2) is 24.1 Å². The van der Waals surface area contributed by atoms with Gasteiger partial charge in [-0.25, -0.2) is 4.79 Å². The third-order valence-electron chi connectivity index (χ3n) is 4.14. The fourth-order valence-electron chi connectivity index (χ4n) is 2.83. The lowest BCUT2D eigenvalue weighted by Gasteiger charge is -2.17. The average molecular weight is 322 g/mol. The molecule has 0 aromatic heterocycles. The van der Waals surface area contributed by atoms with Gasteiger partial charge in [0.2, 0.25) is 0 Å². The second-order valence-corrected chi connectivity index (χ2v) is 5.81. The largest absolute Gasteiger partial charge is 0.462 e. The van der Waals surface area contributed by atoms with Gasteiger partial charge in [0.05, 0.1) is 12.2 Å². The van der Waals surface area contributed by atoms with Crippen molar-refractivity contribution < 1.29 is 19.1 Å². The zero-order valence-corrected chi connectivity index (χ0v) is 13.5. The maximum absolute atomic E-state index is 12.6. The predicted octanol–water partition coefficient (Wildman–Crippen LogP) is 3.81. The van der Waals surface area contributed by atoms with Gasteiger partial charge in [-0.2, -0.15) is 0 Å². The molecule has 0 heterocycles. The minimum atomic E-state index is -0.465. The van der Waals surface area contributed by atoms with Crippen LogP contribution >= 0.6 is 0 Å². The summed E-state index contributed by atoms with van der Waals surface area (Å²) in [7, 11) is 0. The monoisotopic (exact) mass is 322 g/mol. The van der Waals surface area contributed by atoms with Crippen molar-refractivity contribution in [1.29, 1.82) is 0 Å². The fourth-order valence-corrected chi connectivity index (χ4v) is 2.83. The van der Waals surface area contributed by atoms with Crippen molar-refractivity contribution in [2.24, 2.45) is 0 Å². The minimum Gasteiger partial charge on any atom is -0.462 e. The van der Waals surface area contributed by atoms with Crippen molar-refractivity contribution in [2.75, 3.05) is 6.61 Å². The van der Waals surface area contributed by atoms with E-state index in [1.165, 1.54) is 12.1 Å². The molecule has 0 amide bonds. The summed E-state index contributed by atoms with van der Waals surface area (Å²) in [5.41, 5.74) is 1.68. The van der Waals surface area contributed by atoms with Crippen LogP contribution in [0.25, 0.3) is 0 Å². The van der Waals surface area contributed by atoms with Crippen LogP contribution < -0.4 is 0 Å². The van der Waals surface area contributed by atoms with Crippen LogP contribution in [0.1, 0.15) is 68.4 Å². The van der Waals surface area contributed by atoms with Gasteiger partial charge in [-0.3, -0.25) is 9.59 Å². The van der Waals surface area contributed by atoms with Crippen LogP contribution in [0.2, 0.25) is 0 Å². The lowest BCUT2D eigenvalue weighted by atomic mass is 9.83. The van der Waals surface area contributed by atoms with Crippen LogP contribution in [0, 0.1) is 0 Å². The van der Waals surface area contributed by atoms with Crippen LogP contribution in [0.5, 0.6) is 0 Å². The topological polar surface area (TPSA) is 60.4 Å². The Kier molecular flexibility index (Phi) is 4.56. The highest BCUT2D eigenvalue weighted by molar-refractivity contribution is 6.28. The molecule has 2 aromatic carbocycles. The number of ether oxygens (including phenoxy) is 1. The smallest absolute Gasteiger partial charge is 0.338 e. The molecule has 24 heavy (non-hydrogen) atoms. The van der Waals surface area contributed by atoms with E-state index in [1.54, 1.807) is 30.3 Å². The average Bonchev–Trinajstić information content (AvgIpc) is 2.62. The summed E-state index contributed by atoms with van der Waals surface area (Å²) in [4.78, 5) is 37.2. The van der Waals surface area contributed by atoms with Crippen LogP contribution in [-0.2, 0) is 4.74 Å². The van der Waals surface area contributed by atoms with Gasteiger partial charge >= 0.3 is 5.97 Å². The molecule has 3 rings (SSSR count). The summed E-state index contributed by atoms with van der Waals surface area (Å²) in [6.45, 7) is 2.44. The molecule has 0 fully saturated rings. The standard InChI is InChI=1S/C20H18O4/c1-2-3-6-11-24-20(23)13-9-10-16-17(12-13)19(22)15-8-5-4-7-14(15)18(16)21/h4-5,7-10,12H,2-3,6,11H2,1H3. The Bertz CT molecular complexity index is 820. The summed E-state index contributed by atoms with van der Waals surface area (Å²) < 4.78 is 5.22. The first-order valence-corrected chi connectivity index (χ1v) is 8.13. The molecule has 1 aliphatic carbocycles. The number of ketones is 2. The number of rotatable bonds is 5. The highest BCUT2D eigenvalue weighted by Gasteiger charge is 2.30. The first-order valence-electron chi connectivity index (χ1n) is 8.13. The van der Waals surface area contributed by atoms with E-state index >= 15 is 0 Å². The van der Waals surface area contributed by atoms with E-state index in [4.69, 9.17) is 4.74 Å². The lowest BCUT2D eigenvalue weighted by Crippen LogP contribution is -2.21. The molecule has 4 nitrogen and oxygen atoms in total. The maximum Gasteiger partial charge on any atom is 0.338 e. The van der Waals surface area contributed by atoms with Gasteiger partial charge < -0.3 is 4.74 Å². The Balaban J connectivity index is 1.87. The van der Waals surface area contributed by atoms with E-state index in [-0.39, 0.29) is 17.1 Å². The Morgan fingerprint density at radius 2 is 1.50 bits per heavy atom. The second kappa shape index (κ2) is 6.79.